The number of aliphatic imine (C=N–C) groups is 1. The Kier molecular flexibility index (Phi) is 11.7. The Bertz CT molecular complexity index is 374. The maximum absolute atomic E-state index is 12.2. The highest BCUT2D eigenvalue weighted by molar-refractivity contribution is 14.0. The van der Waals surface area contributed by atoms with Gasteiger partial charge in [-0.25, -0.2) is 0 Å². The van der Waals surface area contributed by atoms with Crippen LogP contribution in [0.5, 0.6) is 0 Å². The molecule has 144 valence electrons. The average Bonchev–Trinajstić information content (AvgIpc) is 2.86. The molecule has 0 saturated carbocycles. The van der Waals surface area contributed by atoms with Crippen molar-refractivity contribution < 1.29 is 13.2 Å². The van der Waals surface area contributed by atoms with Gasteiger partial charge in [0, 0.05) is 17.8 Å². The van der Waals surface area contributed by atoms with Crippen LogP contribution in [-0.4, -0.2) is 67.3 Å². The van der Waals surface area contributed by atoms with Crippen molar-refractivity contribution in [1.29, 1.82) is 0 Å². The highest BCUT2D eigenvalue weighted by Gasteiger charge is 2.29. The molecule has 1 saturated heterocycles. The summed E-state index contributed by atoms with van der Waals surface area (Å²) in [6.45, 7) is 5.92. The van der Waals surface area contributed by atoms with Crippen molar-refractivity contribution in [3.8, 4) is 0 Å². The van der Waals surface area contributed by atoms with Crippen LogP contribution in [0.4, 0.5) is 13.2 Å². The van der Waals surface area contributed by atoms with Crippen LogP contribution in [0.3, 0.4) is 0 Å². The fourth-order valence-electron chi connectivity index (χ4n) is 2.49. The number of halogens is 4. The SMILES string of the molecule is CCNC(=NCC1(C)CCCS1)NCCCN(C)CC(F)(F)F.I. The second-order valence-corrected chi connectivity index (χ2v) is 7.91. The van der Waals surface area contributed by atoms with Crippen molar-refractivity contribution >= 4 is 41.7 Å². The lowest BCUT2D eigenvalue weighted by Crippen LogP contribution is -2.40. The van der Waals surface area contributed by atoms with Gasteiger partial charge in [0.15, 0.2) is 5.96 Å². The van der Waals surface area contributed by atoms with Gasteiger partial charge in [-0.3, -0.25) is 9.89 Å². The fraction of sp³-hybridized carbons (Fsp3) is 0.933. The van der Waals surface area contributed by atoms with Crippen LogP contribution in [0.15, 0.2) is 4.99 Å². The van der Waals surface area contributed by atoms with Crippen LogP contribution >= 0.6 is 35.7 Å². The summed E-state index contributed by atoms with van der Waals surface area (Å²) in [4.78, 5) is 5.92. The Morgan fingerprint density at radius 3 is 2.58 bits per heavy atom. The number of rotatable bonds is 8. The molecule has 0 spiro atoms. The highest BCUT2D eigenvalue weighted by atomic mass is 127. The van der Waals surface area contributed by atoms with Crippen molar-refractivity contribution in [2.45, 2.75) is 44.0 Å². The molecule has 1 fully saturated rings. The van der Waals surface area contributed by atoms with Crippen LogP contribution in [0.25, 0.3) is 0 Å². The Morgan fingerprint density at radius 1 is 1.33 bits per heavy atom. The average molecular weight is 482 g/mol. The monoisotopic (exact) mass is 482 g/mol. The minimum Gasteiger partial charge on any atom is -0.357 e. The summed E-state index contributed by atoms with van der Waals surface area (Å²) in [6.07, 6.45) is -1.06. The molecule has 1 unspecified atom stereocenters. The normalized spacial score (nSPS) is 21.7. The Morgan fingerprint density at radius 2 is 2.04 bits per heavy atom. The minimum absolute atomic E-state index is 0. The topological polar surface area (TPSA) is 39.7 Å². The molecule has 4 nitrogen and oxygen atoms in total. The summed E-state index contributed by atoms with van der Waals surface area (Å²) in [5.41, 5.74) is 0. The maximum Gasteiger partial charge on any atom is 0.401 e. The largest absolute Gasteiger partial charge is 0.401 e. The van der Waals surface area contributed by atoms with Crippen molar-refractivity contribution in [3.05, 3.63) is 0 Å². The molecular weight excluding hydrogens is 452 g/mol. The van der Waals surface area contributed by atoms with E-state index in [0.717, 1.165) is 19.0 Å². The third-order valence-electron chi connectivity index (χ3n) is 3.67. The van der Waals surface area contributed by atoms with E-state index in [1.807, 2.05) is 18.7 Å². The Balaban J connectivity index is 0.00000529. The van der Waals surface area contributed by atoms with Crippen LogP contribution in [0.1, 0.15) is 33.1 Å². The van der Waals surface area contributed by atoms with E-state index in [0.29, 0.717) is 19.5 Å². The second kappa shape index (κ2) is 11.7. The fourth-order valence-corrected chi connectivity index (χ4v) is 3.72. The van der Waals surface area contributed by atoms with Crippen molar-refractivity contribution in [3.63, 3.8) is 0 Å². The lowest BCUT2D eigenvalue weighted by atomic mass is 10.1. The first-order valence-corrected chi connectivity index (χ1v) is 9.14. The summed E-state index contributed by atoms with van der Waals surface area (Å²) in [7, 11) is 1.49. The van der Waals surface area contributed by atoms with E-state index in [9.17, 15) is 13.2 Å². The molecule has 1 aliphatic heterocycles. The third-order valence-corrected chi connectivity index (χ3v) is 5.20. The van der Waals surface area contributed by atoms with E-state index in [1.54, 1.807) is 0 Å². The molecule has 0 aromatic heterocycles. The molecule has 0 aromatic rings. The van der Waals surface area contributed by atoms with Crippen LogP contribution < -0.4 is 10.6 Å². The molecule has 1 atom stereocenters. The smallest absolute Gasteiger partial charge is 0.357 e. The maximum atomic E-state index is 12.2. The molecule has 1 rings (SSSR count). The van der Waals surface area contributed by atoms with Gasteiger partial charge >= 0.3 is 6.18 Å². The zero-order chi connectivity index (χ0) is 17.3. The molecule has 1 aliphatic rings. The second-order valence-electron chi connectivity index (χ2n) is 6.23. The summed E-state index contributed by atoms with van der Waals surface area (Å²) in [6, 6.07) is 0. The highest BCUT2D eigenvalue weighted by Crippen LogP contribution is 2.37. The van der Waals surface area contributed by atoms with E-state index in [2.05, 4.69) is 22.5 Å². The van der Waals surface area contributed by atoms with Crippen LogP contribution in [0, 0.1) is 0 Å². The van der Waals surface area contributed by atoms with Gasteiger partial charge in [0.2, 0.25) is 0 Å². The van der Waals surface area contributed by atoms with Gasteiger partial charge in [0.25, 0.3) is 0 Å². The predicted octanol–water partition coefficient (Wildman–Crippen LogP) is 3.33. The lowest BCUT2D eigenvalue weighted by Gasteiger charge is -2.21. The molecule has 2 N–H and O–H groups in total. The van der Waals surface area contributed by atoms with Crippen molar-refractivity contribution in [2.75, 3.05) is 45.5 Å². The van der Waals surface area contributed by atoms with E-state index < -0.39 is 12.7 Å². The molecular formula is C15H30F3IN4S. The molecule has 0 bridgehead atoms. The molecule has 0 aliphatic carbocycles. The predicted molar refractivity (Wildman–Crippen MR) is 108 cm³/mol. The zero-order valence-corrected chi connectivity index (χ0v) is 17.9. The number of alkyl halides is 3. The van der Waals surface area contributed by atoms with Gasteiger partial charge in [-0.1, -0.05) is 0 Å². The van der Waals surface area contributed by atoms with E-state index in [1.165, 1.54) is 30.5 Å². The van der Waals surface area contributed by atoms with Gasteiger partial charge < -0.3 is 10.6 Å². The molecule has 9 heteroatoms. The van der Waals surface area contributed by atoms with Gasteiger partial charge in [-0.2, -0.15) is 24.9 Å². The zero-order valence-electron chi connectivity index (χ0n) is 14.7. The van der Waals surface area contributed by atoms with Crippen LogP contribution in [-0.2, 0) is 0 Å². The lowest BCUT2D eigenvalue weighted by molar-refractivity contribution is -0.143. The number of thioether (sulfide) groups is 1. The molecule has 1 heterocycles. The van der Waals surface area contributed by atoms with Crippen molar-refractivity contribution in [2.24, 2.45) is 4.99 Å². The standard InChI is InChI=1S/C15H29F3N4S.HI/c1-4-19-13(21-11-14(2)7-5-10-23-14)20-8-6-9-22(3)12-15(16,17)18;/h4-12H2,1-3H3,(H2,19,20,21);1H. The molecule has 24 heavy (non-hydrogen) atoms. The number of hydrogen-bond acceptors (Lipinski definition) is 3. The summed E-state index contributed by atoms with van der Waals surface area (Å²) in [5.74, 6) is 1.95. The van der Waals surface area contributed by atoms with Gasteiger partial charge in [0.05, 0.1) is 13.1 Å². The quantitative estimate of drug-likeness (QED) is 0.241. The molecule has 0 radical (unpaired) electrons. The number of nitrogens with one attached hydrogen (secondary N) is 2. The third kappa shape index (κ3) is 10.9. The number of guanidine groups is 1. The van der Waals surface area contributed by atoms with Crippen LogP contribution in [0.2, 0.25) is 0 Å². The van der Waals surface area contributed by atoms with E-state index in [-0.39, 0.29) is 28.7 Å². The van der Waals surface area contributed by atoms with E-state index in [4.69, 9.17) is 0 Å². The summed E-state index contributed by atoms with van der Waals surface area (Å²) >= 11 is 1.97. The van der Waals surface area contributed by atoms with Gasteiger partial charge in [0.1, 0.15) is 0 Å². The van der Waals surface area contributed by atoms with Gasteiger partial charge in [-0.05, 0) is 52.5 Å². The van der Waals surface area contributed by atoms with Gasteiger partial charge in [-0.15, -0.1) is 24.0 Å². The first-order chi connectivity index (χ1) is 10.7. The van der Waals surface area contributed by atoms with E-state index >= 15 is 0 Å². The summed E-state index contributed by atoms with van der Waals surface area (Å²) in [5, 5.41) is 6.39. The molecule has 0 amide bonds. The minimum atomic E-state index is -4.13. The number of hydrogen-bond donors (Lipinski definition) is 2. The Labute approximate surface area is 164 Å². The first-order valence-electron chi connectivity index (χ1n) is 8.15. The first kappa shape index (κ1) is 24.1. The van der Waals surface area contributed by atoms with Crippen molar-refractivity contribution in [1.82, 2.24) is 15.5 Å². The number of nitrogens with zero attached hydrogens (tertiary/aromatic N) is 2. The Hall–Kier alpha value is 0.1000. The summed E-state index contributed by atoms with van der Waals surface area (Å²) < 4.78 is 36.9. The molecule has 0 aromatic carbocycles.